The first kappa shape index (κ1) is 22.3. The number of aromatic nitrogens is 3. The van der Waals surface area contributed by atoms with Crippen molar-refractivity contribution in [2.45, 2.75) is 44.8 Å². The molecule has 4 aromatic rings. The first-order valence-corrected chi connectivity index (χ1v) is 12.0. The number of benzene rings is 2. The highest BCUT2D eigenvalue weighted by Gasteiger charge is 2.23. The van der Waals surface area contributed by atoms with Gasteiger partial charge in [-0.3, -0.25) is 0 Å². The molecule has 1 saturated heterocycles. The number of nitrogens with zero attached hydrogens (tertiary/aromatic N) is 4. The number of hydrogen-bond donors (Lipinski definition) is 2. The van der Waals surface area contributed by atoms with Gasteiger partial charge in [0.2, 0.25) is 0 Å². The van der Waals surface area contributed by atoms with Crippen LogP contribution in [0.2, 0.25) is 0 Å². The van der Waals surface area contributed by atoms with E-state index in [1.165, 1.54) is 16.3 Å². The van der Waals surface area contributed by atoms with Crippen molar-refractivity contribution in [3.63, 3.8) is 0 Å². The zero-order valence-electron chi connectivity index (χ0n) is 19.8. The highest BCUT2D eigenvalue weighted by atomic mass is 16.3. The van der Waals surface area contributed by atoms with Crippen molar-refractivity contribution in [3.05, 3.63) is 89.7 Å². The summed E-state index contributed by atoms with van der Waals surface area (Å²) in [5, 5.41) is 25.4. The summed E-state index contributed by atoms with van der Waals surface area (Å²) >= 11 is 0. The third kappa shape index (κ3) is 4.87. The van der Waals surface area contributed by atoms with Gasteiger partial charge in [-0.2, -0.15) is 5.10 Å². The van der Waals surface area contributed by atoms with E-state index in [9.17, 15) is 5.11 Å². The van der Waals surface area contributed by atoms with Crippen molar-refractivity contribution in [3.8, 4) is 0 Å². The van der Waals surface area contributed by atoms with Crippen LogP contribution in [0.25, 0.3) is 10.8 Å². The van der Waals surface area contributed by atoms with Crippen molar-refractivity contribution in [1.29, 1.82) is 0 Å². The number of anilines is 2. The molecule has 0 saturated carbocycles. The first-order valence-electron chi connectivity index (χ1n) is 12.0. The maximum absolute atomic E-state index is 10.1. The van der Waals surface area contributed by atoms with Crippen LogP contribution in [0, 0.1) is 0 Å². The normalized spacial score (nSPS) is 15.0. The number of nitrogens with one attached hydrogen (secondary N) is 1. The molecule has 174 valence electrons. The van der Waals surface area contributed by atoms with Crippen molar-refractivity contribution in [2.75, 3.05) is 23.3 Å². The van der Waals surface area contributed by atoms with Crippen molar-refractivity contribution < 1.29 is 5.11 Å². The van der Waals surface area contributed by atoms with Crippen molar-refractivity contribution in [1.82, 2.24) is 15.2 Å². The number of rotatable bonds is 6. The Morgan fingerprint density at radius 1 is 0.912 bits per heavy atom. The van der Waals surface area contributed by atoms with Gasteiger partial charge in [-0.1, -0.05) is 60.7 Å². The minimum absolute atomic E-state index is 0.355. The summed E-state index contributed by atoms with van der Waals surface area (Å²) in [5.74, 6) is 1.82. The molecule has 34 heavy (non-hydrogen) atoms. The SMILES string of the molecule is CC(C)(O)c1ccc(NC2CCN(c3nnc(Cc4ccccc4)c4ccccc34)CC2)nc1. The van der Waals surface area contributed by atoms with E-state index in [1.807, 2.05) is 18.2 Å². The number of fused-ring (bicyclic) bond motifs is 1. The largest absolute Gasteiger partial charge is 0.386 e. The lowest BCUT2D eigenvalue weighted by atomic mass is 10.0. The quantitative estimate of drug-likeness (QED) is 0.432. The van der Waals surface area contributed by atoms with Crippen LogP contribution in [-0.4, -0.2) is 39.4 Å². The van der Waals surface area contributed by atoms with Gasteiger partial charge >= 0.3 is 0 Å². The van der Waals surface area contributed by atoms with Gasteiger partial charge in [0.05, 0.1) is 11.3 Å². The Hall–Kier alpha value is -3.51. The summed E-state index contributed by atoms with van der Waals surface area (Å²) in [5.41, 5.74) is 2.19. The molecule has 0 aliphatic carbocycles. The molecule has 0 bridgehead atoms. The van der Waals surface area contributed by atoms with Gasteiger partial charge in [-0.05, 0) is 38.3 Å². The van der Waals surface area contributed by atoms with E-state index in [4.69, 9.17) is 0 Å². The van der Waals surface area contributed by atoms with Crippen molar-refractivity contribution >= 4 is 22.4 Å². The highest BCUT2D eigenvalue weighted by Crippen LogP contribution is 2.29. The number of hydrogen-bond acceptors (Lipinski definition) is 6. The number of piperidine rings is 1. The van der Waals surface area contributed by atoms with E-state index in [2.05, 4.69) is 73.9 Å². The molecule has 0 spiro atoms. The van der Waals surface area contributed by atoms with Crippen LogP contribution in [0.5, 0.6) is 0 Å². The zero-order chi connectivity index (χ0) is 23.5. The Morgan fingerprint density at radius 2 is 1.62 bits per heavy atom. The molecule has 0 atom stereocenters. The lowest BCUT2D eigenvalue weighted by molar-refractivity contribution is 0.0782. The molecule has 2 N–H and O–H groups in total. The van der Waals surface area contributed by atoms with Gasteiger partial charge in [-0.15, -0.1) is 5.10 Å². The monoisotopic (exact) mass is 453 g/mol. The van der Waals surface area contributed by atoms with Gasteiger partial charge < -0.3 is 15.3 Å². The second-order valence-corrected chi connectivity index (χ2v) is 9.58. The molecule has 0 unspecified atom stereocenters. The standard InChI is InChI=1S/C28H31N5O/c1-28(2,34)21-12-13-26(29-19-21)30-22-14-16-33(17-15-22)27-24-11-7-6-10-23(24)25(31-32-27)18-20-8-4-3-5-9-20/h3-13,19,22,34H,14-18H2,1-2H3,(H,29,30). The summed E-state index contributed by atoms with van der Waals surface area (Å²) < 4.78 is 0. The molecule has 1 aliphatic heterocycles. The third-order valence-electron chi connectivity index (χ3n) is 6.58. The molecule has 3 heterocycles. The van der Waals surface area contributed by atoms with Crippen LogP contribution in [0.3, 0.4) is 0 Å². The van der Waals surface area contributed by atoms with E-state index in [-0.39, 0.29) is 0 Å². The van der Waals surface area contributed by atoms with Crippen LogP contribution in [0.15, 0.2) is 72.9 Å². The first-order chi connectivity index (χ1) is 16.5. The van der Waals surface area contributed by atoms with Crippen LogP contribution in [-0.2, 0) is 12.0 Å². The number of aliphatic hydroxyl groups is 1. The number of pyridine rings is 1. The second kappa shape index (κ2) is 9.39. The summed E-state index contributed by atoms with van der Waals surface area (Å²) in [6.07, 6.45) is 4.52. The Balaban J connectivity index is 1.28. The average Bonchev–Trinajstić information content (AvgIpc) is 2.85. The molecular formula is C28H31N5O. The fourth-order valence-electron chi connectivity index (χ4n) is 4.58. The summed E-state index contributed by atoms with van der Waals surface area (Å²) in [6, 6.07) is 23.1. The molecule has 1 aliphatic rings. The molecule has 1 fully saturated rings. The molecule has 6 nitrogen and oxygen atoms in total. The fraction of sp³-hybridized carbons (Fsp3) is 0.321. The Kier molecular flexibility index (Phi) is 6.16. The predicted octanol–water partition coefficient (Wildman–Crippen LogP) is 4.92. The summed E-state index contributed by atoms with van der Waals surface area (Å²) in [6.45, 7) is 5.37. The minimum Gasteiger partial charge on any atom is -0.386 e. The predicted molar refractivity (Wildman–Crippen MR) is 137 cm³/mol. The van der Waals surface area contributed by atoms with E-state index in [0.29, 0.717) is 6.04 Å². The fourth-order valence-corrected chi connectivity index (χ4v) is 4.58. The second-order valence-electron chi connectivity index (χ2n) is 9.58. The highest BCUT2D eigenvalue weighted by molar-refractivity contribution is 5.93. The van der Waals surface area contributed by atoms with Crippen LogP contribution in [0.4, 0.5) is 11.6 Å². The van der Waals surface area contributed by atoms with Gasteiger partial charge in [0.15, 0.2) is 5.82 Å². The smallest absolute Gasteiger partial charge is 0.159 e. The lowest BCUT2D eigenvalue weighted by Crippen LogP contribution is -2.40. The van der Waals surface area contributed by atoms with Gasteiger partial charge in [0.1, 0.15) is 5.82 Å². The Morgan fingerprint density at radius 3 is 2.29 bits per heavy atom. The Labute approximate surface area is 200 Å². The summed E-state index contributed by atoms with van der Waals surface area (Å²) in [4.78, 5) is 6.85. The third-order valence-corrected chi connectivity index (χ3v) is 6.58. The lowest BCUT2D eigenvalue weighted by Gasteiger charge is -2.33. The van der Waals surface area contributed by atoms with E-state index in [1.54, 1.807) is 20.0 Å². The molecule has 2 aromatic carbocycles. The Bertz CT molecular complexity index is 1240. The van der Waals surface area contributed by atoms with Crippen LogP contribution >= 0.6 is 0 Å². The molecule has 6 heteroatoms. The maximum atomic E-state index is 10.1. The maximum Gasteiger partial charge on any atom is 0.159 e. The van der Waals surface area contributed by atoms with E-state index < -0.39 is 5.60 Å². The molecule has 5 rings (SSSR count). The zero-order valence-corrected chi connectivity index (χ0v) is 19.8. The van der Waals surface area contributed by atoms with Gasteiger partial charge in [0.25, 0.3) is 0 Å². The topological polar surface area (TPSA) is 74.2 Å². The van der Waals surface area contributed by atoms with Crippen molar-refractivity contribution in [2.24, 2.45) is 0 Å². The minimum atomic E-state index is -0.878. The van der Waals surface area contributed by atoms with Crippen LogP contribution < -0.4 is 10.2 Å². The van der Waals surface area contributed by atoms with E-state index >= 15 is 0 Å². The van der Waals surface area contributed by atoms with Gasteiger partial charge in [0, 0.05) is 48.1 Å². The van der Waals surface area contributed by atoms with Gasteiger partial charge in [-0.25, -0.2) is 4.98 Å². The van der Waals surface area contributed by atoms with Crippen LogP contribution in [0.1, 0.15) is 43.5 Å². The summed E-state index contributed by atoms with van der Waals surface area (Å²) in [7, 11) is 0. The molecular weight excluding hydrogens is 422 g/mol. The molecule has 2 aromatic heterocycles. The molecule has 0 radical (unpaired) electrons. The van der Waals surface area contributed by atoms with E-state index in [0.717, 1.165) is 55.2 Å². The average molecular weight is 454 g/mol. The molecule has 0 amide bonds.